The normalized spacial score (nSPS) is 48.0. The zero-order valence-corrected chi connectivity index (χ0v) is 4.15. The molecule has 2 unspecified atom stereocenters. The first-order valence-electron chi connectivity index (χ1n) is 2.71. The Morgan fingerprint density at radius 1 is 1.57 bits per heavy atom. The molecule has 2 N–H and O–H groups in total. The van der Waals surface area contributed by atoms with Crippen LogP contribution >= 0.6 is 0 Å². The molecule has 40 valence electrons. The van der Waals surface area contributed by atoms with Crippen molar-refractivity contribution in [2.75, 3.05) is 13.1 Å². The highest BCUT2D eigenvalue weighted by atomic mass is 15.7. The van der Waals surface area contributed by atoms with Gasteiger partial charge in [-0.2, -0.15) is 5.53 Å². The van der Waals surface area contributed by atoms with E-state index in [0.717, 1.165) is 6.04 Å². The number of fused-ring (bicyclic) bond motifs is 2. The van der Waals surface area contributed by atoms with Gasteiger partial charge in [0.05, 0.1) is 0 Å². The molecule has 0 aromatic heterocycles. The summed E-state index contributed by atoms with van der Waals surface area (Å²) >= 11 is 0. The van der Waals surface area contributed by atoms with Crippen molar-refractivity contribution < 1.29 is 0 Å². The minimum absolute atomic E-state index is 0.736. The molecule has 0 spiro atoms. The van der Waals surface area contributed by atoms with Gasteiger partial charge in [-0.25, -0.2) is 10.4 Å². The summed E-state index contributed by atoms with van der Waals surface area (Å²) in [7, 11) is 0. The fourth-order valence-electron chi connectivity index (χ4n) is 1.16. The van der Waals surface area contributed by atoms with Crippen LogP contribution in [0.3, 0.4) is 0 Å². The van der Waals surface area contributed by atoms with E-state index in [1.165, 1.54) is 19.5 Å². The Kier molecular flexibility index (Phi) is 0.647. The monoisotopic (exact) mass is 99.1 g/mol. The van der Waals surface area contributed by atoms with E-state index in [2.05, 4.69) is 16.0 Å². The summed E-state index contributed by atoms with van der Waals surface area (Å²) in [6.45, 7) is 2.41. The molecule has 2 aliphatic heterocycles. The van der Waals surface area contributed by atoms with Gasteiger partial charge in [0, 0.05) is 19.1 Å². The maximum absolute atomic E-state index is 3.13. The van der Waals surface area contributed by atoms with Crippen LogP contribution in [0.15, 0.2) is 0 Å². The second-order valence-corrected chi connectivity index (χ2v) is 2.19. The van der Waals surface area contributed by atoms with Crippen LogP contribution in [0.25, 0.3) is 0 Å². The zero-order valence-electron chi connectivity index (χ0n) is 4.15. The van der Waals surface area contributed by atoms with Crippen LogP contribution in [0, 0.1) is 0 Å². The van der Waals surface area contributed by atoms with Gasteiger partial charge in [-0.15, -0.1) is 0 Å². The van der Waals surface area contributed by atoms with Crippen LogP contribution in [0.5, 0.6) is 0 Å². The lowest BCUT2D eigenvalue weighted by Crippen LogP contribution is -2.42. The van der Waals surface area contributed by atoms with Crippen LogP contribution in [-0.4, -0.2) is 24.1 Å². The number of hydrogen-bond donors (Lipinski definition) is 2. The van der Waals surface area contributed by atoms with Gasteiger partial charge in [0.25, 0.3) is 0 Å². The smallest absolute Gasteiger partial charge is 0.0380 e. The summed E-state index contributed by atoms with van der Waals surface area (Å²) in [4.78, 5) is 0. The summed E-state index contributed by atoms with van der Waals surface area (Å²) < 4.78 is 0. The molecule has 0 radical (unpaired) electrons. The number of nitrogens with zero attached hydrogens (tertiary/aromatic N) is 1. The van der Waals surface area contributed by atoms with Crippen molar-refractivity contribution in [1.29, 1.82) is 0 Å². The Hall–Kier alpha value is -0.120. The van der Waals surface area contributed by atoms with E-state index in [4.69, 9.17) is 0 Å². The first kappa shape index (κ1) is 3.83. The van der Waals surface area contributed by atoms with E-state index >= 15 is 0 Å². The van der Waals surface area contributed by atoms with Crippen LogP contribution in [-0.2, 0) is 0 Å². The molecular formula is C4H9N3. The second-order valence-electron chi connectivity index (χ2n) is 2.19. The molecule has 2 rings (SSSR count). The molecule has 3 heteroatoms. The molecule has 7 heavy (non-hydrogen) atoms. The summed E-state index contributed by atoms with van der Waals surface area (Å²) in [5.74, 6) is 0. The molecule has 0 aliphatic carbocycles. The molecule has 2 aliphatic rings. The molecule has 2 atom stereocenters. The van der Waals surface area contributed by atoms with E-state index < -0.39 is 0 Å². The number of rotatable bonds is 0. The predicted octanol–water partition coefficient (Wildman–Crippen LogP) is -0.916. The van der Waals surface area contributed by atoms with E-state index in [0.29, 0.717) is 0 Å². The van der Waals surface area contributed by atoms with Crippen LogP contribution < -0.4 is 11.0 Å². The van der Waals surface area contributed by atoms with Crippen molar-refractivity contribution in [1.82, 2.24) is 16.0 Å². The fourth-order valence-corrected chi connectivity index (χ4v) is 1.16. The zero-order chi connectivity index (χ0) is 4.69. The summed E-state index contributed by atoms with van der Waals surface area (Å²) in [6.07, 6.45) is 1.31. The molecule has 3 nitrogen and oxygen atoms in total. The van der Waals surface area contributed by atoms with Gasteiger partial charge in [0.2, 0.25) is 0 Å². The lowest BCUT2D eigenvalue weighted by Gasteiger charge is -2.12. The highest BCUT2D eigenvalue weighted by molar-refractivity contribution is 4.81. The van der Waals surface area contributed by atoms with Crippen molar-refractivity contribution in [3.05, 3.63) is 0 Å². The molecule has 0 aromatic carbocycles. The average Bonchev–Trinajstić information content (AvgIpc) is 2.22. The quantitative estimate of drug-likeness (QED) is 0.411. The van der Waals surface area contributed by atoms with Crippen molar-refractivity contribution in [3.63, 3.8) is 0 Å². The van der Waals surface area contributed by atoms with Gasteiger partial charge >= 0.3 is 0 Å². The molecule has 2 fully saturated rings. The first-order valence-corrected chi connectivity index (χ1v) is 2.71. The van der Waals surface area contributed by atoms with Gasteiger partial charge in [-0.1, -0.05) is 0 Å². The SMILES string of the molecule is C1CN2CC1NN2. The van der Waals surface area contributed by atoms with E-state index in [1.807, 2.05) is 0 Å². The van der Waals surface area contributed by atoms with Gasteiger partial charge in [-0.05, 0) is 6.42 Å². The Morgan fingerprint density at radius 3 is 2.71 bits per heavy atom. The molecular weight excluding hydrogens is 90.1 g/mol. The Bertz CT molecular complexity index is 65.0. The molecule has 2 heterocycles. The lowest BCUT2D eigenvalue weighted by atomic mass is 10.3. The predicted molar refractivity (Wildman–Crippen MR) is 26.2 cm³/mol. The van der Waals surface area contributed by atoms with E-state index in [9.17, 15) is 0 Å². The van der Waals surface area contributed by atoms with E-state index in [-0.39, 0.29) is 0 Å². The third-order valence-corrected chi connectivity index (χ3v) is 1.62. The fraction of sp³-hybridized carbons (Fsp3) is 1.00. The topological polar surface area (TPSA) is 27.3 Å². The second kappa shape index (κ2) is 1.18. The minimum Gasteiger partial charge on any atom is -0.240 e. The molecule has 2 bridgehead atoms. The van der Waals surface area contributed by atoms with Gasteiger partial charge in [0.15, 0.2) is 0 Å². The van der Waals surface area contributed by atoms with Crippen molar-refractivity contribution in [2.45, 2.75) is 12.5 Å². The summed E-state index contributed by atoms with van der Waals surface area (Å²) in [6, 6.07) is 0.736. The Balaban J connectivity index is 2.12. The Morgan fingerprint density at radius 2 is 2.57 bits per heavy atom. The van der Waals surface area contributed by atoms with Gasteiger partial charge in [0.1, 0.15) is 0 Å². The van der Waals surface area contributed by atoms with Crippen molar-refractivity contribution in [3.8, 4) is 0 Å². The summed E-state index contributed by atoms with van der Waals surface area (Å²) in [5.41, 5.74) is 6.17. The maximum atomic E-state index is 3.13. The van der Waals surface area contributed by atoms with Crippen LogP contribution in [0.1, 0.15) is 6.42 Å². The van der Waals surface area contributed by atoms with Gasteiger partial charge < -0.3 is 0 Å². The minimum atomic E-state index is 0.736. The van der Waals surface area contributed by atoms with Crippen molar-refractivity contribution >= 4 is 0 Å². The summed E-state index contributed by atoms with van der Waals surface area (Å²) in [5, 5.41) is 2.20. The highest BCUT2D eigenvalue weighted by Gasteiger charge is 2.27. The number of hydrazine groups is 2. The average molecular weight is 99.1 g/mol. The maximum Gasteiger partial charge on any atom is 0.0380 e. The molecule has 0 saturated carbocycles. The van der Waals surface area contributed by atoms with Gasteiger partial charge in [-0.3, -0.25) is 0 Å². The van der Waals surface area contributed by atoms with Crippen molar-refractivity contribution in [2.24, 2.45) is 0 Å². The van der Waals surface area contributed by atoms with E-state index in [1.54, 1.807) is 0 Å². The third-order valence-electron chi connectivity index (χ3n) is 1.62. The standard InChI is InChI=1S/C4H9N3/c1-2-7-3-4(1)5-6-7/h4-6H,1-3H2. The third kappa shape index (κ3) is 0.459. The molecule has 2 saturated heterocycles. The number of nitrogens with one attached hydrogen (secondary N) is 2. The Labute approximate surface area is 42.6 Å². The number of hydrogen-bond acceptors (Lipinski definition) is 3. The first-order chi connectivity index (χ1) is 3.45. The largest absolute Gasteiger partial charge is 0.240 e. The van der Waals surface area contributed by atoms with Crippen LogP contribution in [0.2, 0.25) is 0 Å². The molecule has 0 amide bonds. The molecule has 0 aromatic rings. The van der Waals surface area contributed by atoms with Crippen LogP contribution in [0.4, 0.5) is 0 Å². The highest BCUT2D eigenvalue weighted by Crippen LogP contribution is 2.09. The lowest BCUT2D eigenvalue weighted by molar-refractivity contribution is 0.230.